The van der Waals surface area contributed by atoms with Crippen LogP contribution in [0, 0.1) is 0 Å². The number of benzene rings is 1. The number of thiazole rings is 1. The Hall–Kier alpha value is -1.93. The number of nitrogens with zero attached hydrogens (tertiary/aromatic N) is 3. The molecule has 0 saturated carbocycles. The molecule has 0 amide bonds. The van der Waals surface area contributed by atoms with E-state index in [1.165, 1.54) is 0 Å². The normalized spacial score (nSPS) is 12.2. The lowest BCUT2D eigenvalue weighted by Crippen LogP contribution is -2.22. The van der Waals surface area contributed by atoms with Crippen LogP contribution in [0.5, 0.6) is 5.75 Å². The van der Waals surface area contributed by atoms with Gasteiger partial charge in [-0.25, -0.2) is 9.97 Å². The third kappa shape index (κ3) is 4.33. The van der Waals surface area contributed by atoms with E-state index < -0.39 is 8.07 Å². The topological polar surface area (TPSA) is 49.2 Å². The fourth-order valence-electron chi connectivity index (χ4n) is 3.26. The molecule has 0 saturated heterocycles. The molecule has 3 aromatic heterocycles. The Morgan fingerprint density at radius 2 is 2.00 bits per heavy atom. The highest BCUT2D eigenvalue weighted by atomic mass is 35.5. The smallest absolute Gasteiger partial charge is 0.144 e. The summed E-state index contributed by atoms with van der Waals surface area (Å²) in [6.07, 6.45) is 2.07. The summed E-state index contributed by atoms with van der Waals surface area (Å²) in [7, 11) is 0.563. The zero-order valence-electron chi connectivity index (χ0n) is 17.0. The highest BCUT2D eigenvalue weighted by molar-refractivity contribution is 7.16. The van der Waals surface area contributed by atoms with Crippen molar-refractivity contribution in [3.8, 4) is 16.9 Å². The summed E-state index contributed by atoms with van der Waals surface area (Å²) in [5.41, 5.74) is 5.64. The van der Waals surface area contributed by atoms with Gasteiger partial charge >= 0.3 is 0 Å². The second-order valence-corrected chi connectivity index (χ2v) is 15.1. The van der Waals surface area contributed by atoms with Gasteiger partial charge in [-0.3, -0.25) is 0 Å². The highest BCUT2D eigenvalue weighted by Gasteiger charge is 2.18. The first-order valence-corrected chi connectivity index (χ1v) is 14.5. The van der Waals surface area contributed by atoms with Crippen molar-refractivity contribution >= 4 is 52.3 Å². The van der Waals surface area contributed by atoms with Gasteiger partial charge in [-0.15, -0.1) is 11.3 Å². The van der Waals surface area contributed by atoms with Crippen LogP contribution in [0.3, 0.4) is 0 Å². The number of hydrogen-bond acceptors (Lipinski definition) is 5. The number of fused-ring (bicyclic) bond motifs is 2. The van der Waals surface area contributed by atoms with E-state index in [9.17, 15) is 0 Å². The molecule has 0 bridgehead atoms. The second-order valence-electron chi connectivity index (χ2n) is 8.24. The van der Waals surface area contributed by atoms with Gasteiger partial charge in [-0.2, -0.15) is 0 Å². The first kappa shape index (κ1) is 20.3. The molecule has 3 heterocycles. The van der Waals surface area contributed by atoms with Gasteiger partial charge in [0.15, 0.2) is 0 Å². The van der Waals surface area contributed by atoms with Crippen LogP contribution in [0.4, 0.5) is 0 Å². The SMILES string of the molecule is COc1cc2scnc2cc1-c1cn(COCC[Si](C)(C)C)c2nc(Cl)ccc12. The standard InChI is InChI=1S/C21H24ClN3O2SSi/c1-26-18-10-19-17(23-12-28-19)9-15(18)16-11-25(13-27-7-8-29(2,3)4)21-14(16)5-6-20(22)24-21/h5-6,9-12H,7-8,13H2,1-4H3. The van der Waals surface area contributed by atoms with Crippen LogP contribution in [-0.4, -0.2) is 36.3 Å². The van der Waals surface area contributed by atoms with Crippen molar-refractivity contribution in [2.24, 2.45) is 0 Å². The minimum atomic E-state index is -1.13. The maximum Gasteiger partial charge on any atom is 0.144 e. The Morgan fingerprint density at radius 1 is 1.17 bits per heavy atom. The monoisotopic (exact) mass is 445 g/mol. The van der Waals surface area contributed by atoms with Crippen molar-refractivity contribution in [1.29, 1.82) is 0 Å². The van der Waals surface area contributed by atoms with E-state index in [0.717, 1.165) is 50.8 Å². The fraction of sp³-hybridized carbons (Fsp3) is 0.333. The maximum absolute atomic E-state index is 6.20. The van der Waals surface area contributed by atoms with Gasteiger partial charge in [0, 0.05) is 43.5 Å². The molecule has 0 N–H and O–H groups in total. The average molecular weight is 446 g/mol. The van der Waals surface area contributed by atoms with E-state index in [-0.39, 0.29) is 0 Å². The van der Waals surface area contributed by atoms with Crippen LogP contribution in [0.15, 0.2) is 36.0 Å². The minimum absolute atomic E-state index is 0.440. The molecule has 0 radical (unpaired) electrons. The molecule has 8 heteroatoms. The molecular formula is C21H24ClN3O2SSi. The Bertz CT molecular complexity index is 1170. The Labute approximate surface area is 180 Å². The molecule has 1 aromatic carbocycles. The molecule has 5 nitrogen and oxygen atoms in total. The van der Waals surface area contributed by atoms with Gasteiger partial charge in [0.1, 0.15) is 23.3 Å². The quantitative estimate of drug-likeness (QED) is 0.190. The third-order valence-electron chi connectivity index (χ3n) is 4.86. The molecular weight excluding hydrogens is 422 g/mol. The number of methoxy groups -OCH3 is 1. The zero-order chi connectivity index (χ0) is 20.6. The first-order chi connectivity index (χ1) is 13.9. The van der Waals surface area contributed by atoms with Crippen LogP contribution < -0.4 is 4.74 Å². The zero-order valence-corrected chi connectivity index (χ0v) is 19.6. The predicted molar refractivity (Wildman–Crippen MR) is 124 cm³/mol. The molecule has 0 aliphatic rings. The molecule has 4 rings (SSSR count). The van der Waals surface area contributed by atoms with E-state index in [2.05, 4.69) is 41.9 Å². The van der Waals surface area contributed by atoms with Crippen LogP contribution in [0.25, 0.3) is 32.4 Å². The van der Waals surface area contributed by atoms with E-state index in [4.69, 9.17) is 21.1 Å². The van der Waals surface area contributed by atoms with Gasteiger partial charge < -0.3 is 14.0 Å². The number of hydrogen-bond donors (Lipinski definition) is 0. The summed E-state index contributed by atoms with van der Waals surface area (Å²) >= 11 is 7.80. The largest absolute Gasteiger partial charge is 0.496 e. The molecule has 0 unspecified atom stereocenters. The lowest BCUT2D eigenvalue weighted by molar-refractivity contribution is 0.0899. The van der Waals surface area contributed by atoms with Gasteiger partial charge in [-0.1, -0.05) is 31.2 Å². The molecule has 152 valence electrons. The van der Waals surface area contributed by atoms with Crippen LogP contribution >= 0.6 is 22.9 Å². The number of pyridine rings is 1. The molecule has 0 spiro atoms. The maximum atomic E-state index is 6.20. The van der Waals surface area contributed by atoms with Crippen molar-refractivity contribution in [1.82, 2.24) is 14.5 Å². The molecule has 0 fully saturated rings. The summed E-state index contributed by atoms with van der Waals surface area (Å²) in [6, 6.07) is 9.06. The molecule has 0 aliphatic carbocycles. The lowest BCUT2D eigenvalue weighted by atomic mass is 10.0. The van der Waals surface area contributed by atoms with E-state index in [1.54, 1.807) is 18.4 Å². The second kappa shape index (κ2) is 8.06. The van der Waals surface area contributed by atoms with E-state index >= 15 is 0 Å². The summed E-state index contributed by atoms with van der Waals surface area (Å²) in [4.78, 5) is 9.02. The Morgan fingerprint density at radius 3 is 2.76 bits per heavy atom. The molecule has 0 aliphatic heterocycles. The van der Waals surface area contributed by atoms with Crippen molar-refractivity contribution in [3.63, 3.8) is 0 Å². The fourth-order valence-corrected chi connectivity index (χ4v) is 4.85. The van der Waals surface area contributed by atoms with Crippen molar-refractivity contribution < 1.29 is 9.47 Å². The van der Waals surface area contributed by atoms with Gasteiger partial charge in [0.2, 0.25) is 0 Å². The van der Waals surface area contributed by atoms with Crippen LogP contribution in [-0.2, 0) is 11.5 Å². The summed E-state index contributed by atoms with van der Waals surface area (Å²) < 4.78 is 14.8. The Kier molecular flexibility index (Phi) is 5.66. The number of rotatable bonds is 7. The first-order valence-electron chi connectivity index (χ1n) is 9.50. The number of halogens is 1. The average Bonchev–Trinajstić information content (AvgIpc) is 3.27. The van der Waals surface area contributed by atoms with E-state index in [1.807, 2.05) is 28.3 Å². The summed E-state index contributed by atoms with van der Waals surface area (Å²) in [6.45, 7) is 8.24. The summed E-state index contributed by atoms with van der Waals surface area (Å²) in [5.74, 6) is 0.815. The molecule has 0 atom stereocenters. The number of aromatic nitrogens is 3. The van der Waals surface area contributed by atoms with Crippen LogP contribution in [0.1, 0.15) is 0 Å². The van der Waals surface area contributed by atoms with Gasteiger partial charge in [0.25, 0.3) is 0 Å². The molecule has 29 heavy (non-hydrogen) atoms. The van der Waals surface area contributed by atoms with Crippen LogP contribution in [0.2, 0.25) is 30.8 Å². The van der Waals surface area contributed by atoms with E-state index in [0.29, 0.717) is 11.9 Å². The lowest BCUT2D eigenvalue weighted by Gasteiger charge is -2.15. The Balaban J connectivity index is 1.75. The molecule has 4 aromatic rings. The van der Waals surface area contributed by atoms with Gasteiger partial charge in [0.05, 0.1) is 22.8 Å². The minimum Gasteiger partial charge on any atom is -0.496 e. The highest BCUT2D eigenvalue weighted by Crippen LogP contribution is 2.39. The van der Waals surface area contributed by atoms with Crippen molar-refractivity contribution in [2.75, 3.05) is 13.7 Å². The van der Waals surface area contributed by atoms with Gasteiger partial charge in [-0.05, 0) is 24.2 Å². The van der Waals surface area contributed by atoms with Crippen molar-refractivity contribution in [2.45, 2.75) is 32.4 Å². The van der Waals surface area contributed by atoms with Crippen molar-refractivity contribution in [3.05, 3.63) is 41.1 Å². The number of ether oxygens (including phenoxy) is 2. The summed E-state index contributed by atoms with van der Waals surface area (Å²) in [5, 5.41) is 1.48. The third-order valence-corrected chi connectivity index (χ3v) is 7.56. The predicted octanol–water partition coefficient (Wildman–Crippen LogP) is 6.29.